The number of likely N-dealkylation sites (tertiary alicyclic amines) is 1. The normalized spacial score (nSPS) is 19.2. The predicted octanol–water partition coefficient (Wildman–Crippen LogP) is 2.73. The third kappa shape index (κ3) is 3.08. The Labute approximate surface area is 105 Å². The van der Waals surface area contributed by atoms with Crippen molar-refractivity contribution in [2.24, 2.45) is 5.73 Å². The molecule has 2 heteroatoms. The molecule has 0 radical (unpaired) electrons. The van der Waals surface area contributed by atoms with Crippen LogP contribution in [0.3, 0.4) is 0 Å². The molecule has 1 atom stereocenters. The van der Waals surface area contributed by atoms with Gasteiger partial charge in [0.05, 0.1) is 0 Å². The number of piperidine rings is 1. The van der Waals surface area contributed by atoms with Gasteiger partial charge in [0.2, 0.25) is 0 Å². The van der Waals surface area contributed by atoms with Crippen LogP contribution in [0.5, 0.6) is 0 Å². The molecule has 2 nitrogen and oxygen atoms in total. The van der Waals surface area contributed by atoms with Gasteiger partial charge in [0.1, 0.15) is 0 Å². The molecule has 2 N–H and O–H groups in total. The molecular formula is C15H24N2. The first-order chi connectivity index (χ1) is 8.35. The van der Waals surface area contributed by atoms with Crippen LogP contribution in [0.1, 0.15) is 43.4 Å². The van der Waals surface area contributed by atoms with Crippen LogP contribution in [-0.2, 0) is 6.42 Å². The molecule has 1 aliphatic rings. The zero-order valence-corrected chi connectivity index (χ0v) is 10.9. The quantitative estimate of drug-likeness (QED) is 0.865. The summed E-state index contributed by atoms with van der Waals surface area (Å²) in [7, 11) is 0. The third-order valence-corrected chi connectivity index (χ3v) is 3.83. The van der Waals surface area contributed by atoms with Gasteiger partial charge in [-0.25, -0.2) is 0 Å². The first kappa shape index (κ1) is 12.6. The largest absolute Gasteiger partial charge is 0.329 e. The minimum atomic E-state index is 0.418. The molecule has 0 aliphatic carbocycles. The van der Waals surface area contributed by atoms with Crippen LogP contribution in [-0.4, -0.2) is 24.5 Å². The summed E-state index contributed by atoms with van der Waals surface area (Å²) in [6.45, 7) is 5.33. The fourth-order valence-corrected chi connectivity index (χ4v) is 2.70. The smallest absolute Gasteiger partial charge is 0.0470 e. The van der Waals surface area contributed by atoms with Crippen LogP contribution >= 0.6 is 0 Å². The van der Waals surface area contributed by atoms with Gasteiger partial charge in [-0.3, -0.25) is 4.90 Å². The number of benzene rings is 1. The van der Waals surface area contributed by atoms with Crippen molar-refractivity contribution < 1.29 is 0 Å². The van der Waals surface area contributed by atoms with Crippen LogP contribution in [0, 0.1) is 0 Å². The molecule has 0 bridgehead atoms. The number of hydrogen-bond donors (Lipinski definition) is 1. The first-order valence-electron chi connectivity index (χ1n) is 6.88. The van der Waals surface area contributed by atoms with Crippen molar-refractivity contribution in [1.82, 2.24) is 4.90 Å². The average Bonchev–Trinajstić information content (AvgIpc) is 2.42. The summed E-state index contributed by atoms with van der Waals surface area (Å²) >= 11 is 0. The molecule has 1 fully saturated rings. The minimum Gasteiger partial charge on any atom is -0.329 e. The fraction of sp³-hybridized carbons (Fsp3) is 0.600. The summed E-state index contributed by atoms with van der Waals surface area (Å²) in [6.07, 6.45) is 5.13. The minimum absolute atomic E-state index is 0.418. The highest BCUT2D eigenvalue weighted by Gasteiger charge is 2.20. The highest BCUT2D eigenvalue weighted by molar-refractivity contribution is 5.25. The maximum Gasteiger partial charge on any atom is 0.0470 e. The number of nitrogens with zero attached hydrogens (tertiary/aromatic N) is 1. The van der Waals surface area contributed by atoms with E-state index in [2.05, 4.69) is 36.1 Å². The summed E-state index contributed by atoms with van der Waals surface area (Å²) in [6, 6.07) is 9.40. The average molecular weight is 232 g/mol. The molecule has 17 heavy (non-hydrogen) atoms. The van der Waals surface area contributed by atoms with E-state index < -0.39 is 0 Å². The van der Waals surface area contributed by atoms with Crippen LogP contribution in [0.2, 0.25) is 0 Å². The van der Waals surface area contributed by atoms with Crippen molar-refractivity contribution in [2.45, 2.75) is 38.6 Å². The summed E-state index contributed by atoms with van der Waals surface area (Å²) in [4.78, 5) is 2.55. The van der Waals surface area contributed by atoms with Crippen molar-refractivity contribution in [3.63, 3.8) is 0 Å². The van der Waals surface area contributed by atoms with Gasteiger partial charge in [0, 0.05) is 12.6 Å². The summed E-state index contributed by atoms with van der Waals surface area (Å²) in [5, 5.41) is 0. The Morgan fingerprint density at radius 2 is 1.76 bits per heavy atom. The lowest BCUT2D eigenvalue weighted by atomic mass is 10.00. The zero-order chi connectivity index (χ0) is 12.1. The molecule has 0 saturated carbocycles. The SMILES string of the molecule is CCc1ccc([C@H](CN)N2CCCCC2)cc1. The molecule has 0 aromatic heterocycles. The van der Waals surface area contributed by atoms with Crippen molar-refractivity contribution in [1.29, 1.82) is 0 Å². The van der Waals surface area contributed by atoms with Gasteiger partial charge in [0.15, 0.2) is 0 Å². The molecule has 0 amide bonds. The second-order valence-corrected chi connectivity index (χ2v) is 4.94. The van der Waals surface area contributed by atoms with Crippen LogP contribution in [0.25, 0.3) is 0 Å². The zero-order valence-electron chi connectivity index (χ0n) is 10.9. The molecule has 1 aromatic carbocycles. The Morgan fingerprint density at radius 1 is 1.12 bits per heavy atom. The predicted molar refractivity (Wildman–Crippen MR) is 73.0 cm³/mol. The van der Waals surface area contributed by atoms with E-state index in [4.69, 9.17) is 5.73 Å². The van der Waals surface area contributed by atoms with Crippen molar-refractivity contribution in [3.8, 4) is 0 Å². The Balaban J connectivity index is 2.10. The Kier molecular flexibility index (Phi) is 4.57. The lowest BCUT2D eigenvalue weighted by molar-refractivity contribution is 0.167. The van der Waals surface area contributed by atoms with Gasteiger partial charge < -0.3 is 5.73 Å². The van der Waals surface area contributed by atoms with E-state index in [1.165, 1.54) is 43.5 Å². The van der Waals surface area contributed by atoms with E-state index in [0.29, 0.717) is 6.04 Å². The molecule has 1 aromatic rings. The van der Waals surface area contributed by atoms with E-state index in [0.717, 1.165) is 13.0 Å². The van der Waals surface area contributed by atoms with Gasteiger partial charge in [-0.2, -0.15) is 0 Å². The molecule has 0 unspecified atom stereocenters. The summed E-state index contributed by atoms with van der Waals surface area (Å²) in [5.41, 5.74) is 8.75. The Morgan fingerprint density at radius 3 is 2.29 bits per heavy atom. The third-order valence-electron chi connectivity index (χ3n) is 3.83. The van der Waals surface area contributed by atoms with Gasteiger partial charge in [0.25, 0.3) is 0 Å². The molecule has 0 spiro atoms. The van der Waals surface area contributed by atoms with Crippen molar-refractivity contribution in [2.75, 3.05) is 19.6 Å². The number of nitrogens with two attached hydrogens (primary N) is 1. The Bertz CT molecular complexity index is 325. The van der Waals surface area contributed by atoms with Crippen molar-refractivity contribution in [3.05, 3.63) is 35.4 Å². The molecule has 1 saturated heterocycles. The first-order valence-corrected chi connectivity index (χ1v) is 6.88. The van der Waals surface area contributed by atoms with Crippen LogP contribution in [0.4, 0.5) is 0 Å². The number of hydrogen-bond acceptors (Lipinski definition) is 2. The summed E-state index contributed by atoms with van der Waals surface area (Å²) < 4.78 is 0. The molecule has 94 valence electrons. The van der Waals surface area contributed by atoms with Gasteiger partial charge in [-0.1, -0.05) is 37.6 Å². The van der Waals surface area contributed by atoms with Crippen LogP contribution < -0.4 is 5.73 Å². The second-order valence-electron chi connectivity index (χ2n) is 4.94. The van der Waals surface area contributed by atoms with Crippen molar-refractivity contribution >= 4 is 0 Å². The molecular weight excluding hydrogens is 208 g/mol. The topological polar surface area (TPSA) is 29.3 Å². The molecule has 1 aliphatic heterocycles. The fourth-order valence-electron chi connectivity index (χ4n) is 2.70. The van der Waals surface area contributed by atoms with E-state index in [-0.39, 0.29) is 0 Å². The van der Waals surface area contributed by atoms with Crippen LogP contribution in [0.15, 0.2) is 24.3 Å². The standard InChI is InChI=1S/C15H24N2/c1-2-13-6-8-14(9-7-13)15(12-16)17-10-4-3-5-11-17/h6-9,15H,2-5,10-12,16H2,1H3/t15-/m0/s1. The lowest BCUT2D eigenvalue weighted by Crippen LogP contribution is -2.37. The number of rotatable bonds is 4. The molecule has 1 heterocycles. The summed E-state index contributed by atoms with van der Waals surface area (Å²) in [5.74, 6) is 0. The van der Waals surface area contributed by atoms with Gasteiger partial charge >= 0.3 is 0 Å². The van der Waals surface area contributed by atoms with Gasteiger partial charge in [-0.15, -0.1) is 0 Å². The highest BCUT2D eigenvalue weighted by Crippen LogP contribution is 2.24. The van der Waals surface area contributed by atoms with E-state index >= 15 is 0 Å². The van der Waals surface area contributed by atoms with E-state index in [1.54, 1.807) is 0 Å². The van der Waals surface area contributed by atoms with E-state index in [1.807, 2.05) is 0 Å². The molecule has 2 rings (SSSR count). The lowest BCUT2D eigenvalue weighted by Gasteiger charge is -2.34. The second kappa shape index (κ2) is 6.18. The van der Waals surface area contributed by atoms with Gasteiger partial charge in [-0.05, 0) is 43.5 Å². The highest BCUT2D eigenvalue weighted by atomic mass is 15.2. The Hall–Kier alpha value is -0.860. The monoisotopic (exact) mass is 232 g/mol. The van der Waals surface area contributed by atoms with E-state index in [9.17, 15) is 0 Å². The number of aryl methyl sites for hydroxylation is 1. The maximum absolute atomic E-state index is 5.96. The maximum atomic E-state index is 5.96.